The molecule has 5 rings (SSSR count). The molecule has 4 aromatic rings. The number of methoxy groups -OCH3 is 1. The van der Waals surface area contributed by atoms with Crippen molar-refractivity contribution in [2.24, 2.45) is 0 Å². The Balaban J connectivity index is 1.37. The minimum absolute atomic E-state index is 0.00364. The van der Waals surface area contributed by atoms with Crippen LogP contribution in [0.1, 0.15) is 42.7 Å². The van der Waals surface area contributed by atoms with Gasteiger partial charge in [0.05, 0.1) is 11.7 Å². The molecule has 2 unspecified atom stereocenters. The van der Waals surface area contributed by atoms with E-state index in [0.717, 1.165) is 17.3 Å². The second-order valence-corrected chi connectivity index (χ2v) is 9.35. The van der Waals surface area contributed by atoms with E-state index in [1.807, 2.05) is 51.1 Å². The quantitative estimate of drug-likeness (QED) is 0.387. The lowest BCUT2D eigenvalue weighted by atomic mass is 9.94. The molecule has 2 aromatic heterocycles. The molecule has 0 radical (unpaired) electrons. The summed E-state index contributed by atoms with van der Waals surface area (Å²) in [5, 5.41) is 4.24. The number of ether oxygens (including phenoxy) is 3. The molecular weight excluding hydrogens is 448 g/mol. The largest absolute Gasteiger partial charge is 0.465 e. The maximum Gasteiger partial charge on any atom is 0.360 e. The zero-order valence-electron chi connectivity index (χ0n) is 20.1. The van der Waals surface area contributed by atoms with Crippen LogP contribution in [-0.4, -0.2) is 36.0 Å². The summed E-state index contributed by atoms with van der Waals surface area (Å²) in [7, 11) is 1.68. The van der Waals surface area contributed by atoms with E-state index in [2.05, 4.69) is 10.3 Å². The van der Waals surface area contributed by atoms with Crippen molar-refractivity contribution in [3.63, 3.8) is 0 Å². The van der Waals surface area contributed by atoms with E-state index < -0.39 is 23.4 Å². The molecule has 1 aliphatic rings. The molecule has 1 fully saturated rings. The number of carbonyl (C=O) groups excluding carboxylic acids is 1. The predicted molar refractivity (Wildman–Crippen MR) is 133 cm³/mol. The lowest BCUT2D eigenvalue weighted by Gasteiger charge is -2.41. The van der Waals surface area contributed by atoms with Crippen LogP contribution >= 0.6 is 0 Å². The first kappa shape index (κ1) is 23.1. The number of aromatic nitrogens is 1. The van der Waals surface area contributed by atoms with Gasteiger partial charge in [0.2, 0.25) is 6.29 Å². The normalized spacial score (nSPS) is 19.7. The molecule has 0 saturated carbocycles. The third-order valence-electron chi connectivity index (χ3n) is 6.54. The van der Waals surface area contributed by atoms with Gasteiger partial charge < -0.3 is 28.9 Å². The second-order valence-electron chi connectivity index (χ2n) is 9.35. The van der Waals surface area contributed by atoms with Crippen molar-refractivity contribution in [2.75, 3.05) is 12.4 Å². The molecule has 1 amide bonds. The molecule has 1 saturated heterocycles. The number of hydrogen-bond acceptors (Lipinski definition) is 6. The van der Waals surface area contributed by atoms with Gasteiger partial charge in [-0.05, 0) is 57.5 Å². The van der Waals surface area contributed by atoms with E-state index in [4.69, 9.17) is 18.6 Å². The van der Waals surface area contributed by atoms with Gasteiger partial charge in [-0.2, -0.15) is 0 Å². The number of H-pyrrole nitrogens is 1. The number of carbonyl (C=O) groups is 1. The third-order valence-corrected chi connectivity index (χ3v) is 6.54. The first-order valence-electron chi connectivity index (χ1n) is 11.6. The monoisotopic (exact) mass is 476 g/mol. The van der Waals surface area contributed by atoms with Crippen LogP contribution in [0.25, 0.3) is 21.9 Å². The highest BCUT2D eigenvalue weighted by Gasteiger charge is 2.39. The maximum absolute atomic E-state index is 12.7. The number of anilines is 1. The maximum atomic E-state index is 12.7. The van der Waals surface area contributed by atoms with Gasteiger partial charge in [-0.1, -0.05) is 18.2 Å². The Morgan fingerprint density at radius 1 is 1.11 bits per heavy atom. The fraction of sp³-hybridized carbons (Fsp3) is 0.333. The van der Waals surface area contributed by atoms with Gasteiger partial charge in [-0.25, -0.2) is 4.79 Å². The number of hydrogen-bond donors (Lipinski definition) is 2. The van der Waals surface area contributed by atoms with Crippen molar-refractivity contribution >= 4 is 33.5 Å². The number of aryl methyl sites for hydroxylation is 1. The molecule has 0 aliphatic carbocycles. The van der Waals surface area contributed by atoms with Crippen molar-refractivity contribution in [1.82, 2.24) is 4.98 Å². The highest BCUT2D eigenvalue weighted by molar-refractivity contribution is 6.06. The standard InChI is InChI=1S/C27H28N2O6/c1-15-21(33-23-12-11-22(32-4)27(2,3)35-23)10-9-17-14-20(26(31)34-24(15)17)29-25(30)19-13-16-7-5-6-8-18(16)28-19/h5-10,13-14,22-23,28H,11-12H2,1-4H3,(H,29,30). The number of benzene rings is 2. The van der Waals surface area contributed by atoms with Gasteiger partial charge in [0.25, 0.3) is 5.91 Å². The molecular formula is C27H28N2O6. The molecule has 8 heteroatoms. The van der Waals surface area contributed by atoms with Crippen molar-refractivity contribution in [1.29, 1.82) is 0 Å². The fourth-order valence-corrected chi connectivity index (χ4v) is 4.64. The summed E-state index contributed by atoms with van der Waals surface area (Å²) >= 11 is 0. The van der Waals surface area contributed by atoms with Gasteiger partial charge in [-0.3, -0.25) is 4.79 Å². The Hall–Kier alpha value is -3.62. The van der Waals surface area contributed by atoms with Crippen molar-refractivity contribution < 1.29 is 23.4 Å². The minimum atomic E-state index is -0.639. The topological polar surface area (TPSA) is 103 Å². The number of aromatic amines is 1. The highest BCUT2D eigenvalue weighted by atomic mass is 16.7. The number of rotatable bonds is 5. The molecule has 0 spiro atoms. The first-order chi connectivity index (χ1) is 16.7. The van der Waals surface area contributed by atoms with Crippen LogP contribution in [0, 0.1) is 6.92 Å². The van der Waals surface area contributed by atoms with Crippen molar-refractivity contribution in [3.05, 3.63) is 70.2 Å². The van der Waals surface area contributed by atoms with Crippen LogP contribution in [0.3, 0.4) is 0 Å². The Bertz CT molecular complexity index is 1430. The van der Waals surface area contributed by atoms with Crippen molar-refractivity contribution in [3.8, 4) is 5.75 Å². The molecule has 2 N–H and O–H groups in total. The predicted octanol–water partition coefficient (Wildman–Crippen LogP) is 5.14. The zero-order chi connectivity index (χ0) is 24.7. The zero-order valence-corrected chi connectivity index (χ0v) is 20.1. The van der Waals surface area contributed by atoms with E-state index in [-0.39, 0.29) is 11.8 Å². The van der Waals surface area contributed by atoms with Gasteiger partial charge in [-0.15, -0.1) is 0 Å². The molecule has 3 heterocycles. The summed E-state index contributed by atoms with van der Waals surface area (Å²) in [6, 6.07) is 14.5. The third kappa shape index (κ3) is 4.42. The molecule has 2 aromatic carbocycles. The van der Waals surface area contributed by atoms with Crippen LogP contribution in [0.5, 0.6) is 5.75 Å². The lowest BCUT2D eigenvalue weighted by molar-refractivity contribution is -0.233. The number of amides is 1. The Kier molecular flexibility index (Phi) is 5.86. The molecule has 0 bridgehead atoms. The molecule has 8 nitrogen and oxygen atoms in total. The van der Waals surface area contributed by atoms with Gasteiger partial charge in [0.15, 0.2) is 0 Å². The Morgan fingerprint density at radius 2 is 1.91 bits per heavy atom. The fourth-order valence-electron chi connectivity index (χ4n) is 4.64. The summed E-state index contributed by atoms with van der Waals surface area (Å²) < 4.78 is 23.4. The summed E-state index contributed by atoms with van der Waals surface area (Å²) in [6.45, 7) is 5.79. The molecule has 2 atom stereocenters. The molecule has 35 heavy (non-hydrogen) atoms. The Morgan fingerprint density at radius 3 is 2.66 bits per heavy atom. The van der Waals surface area contributed by atoms with Crippen LogP contribution in [-0.2, 0) is 9.47 Å². The summed E-state index contributed by atoms with van der Waals surface area (Å²) in [5.74, 6) is 0.156. The smallest absolute Gasteiger partial charge is 0.360 e. The lowest BCUT2D eigenvalue weighted by Crippen LogP contribution is -2.49. The van der Waals surface area contributed by atoms with Gasteiger partial charge in [0, 0.05) is 35.4 Å². The van der Waals surface area contributed by atoms with Crippen molar-refractivity contribution in [2.45, 2.75) is 51.6 Å². The average molecular weight is 477 g/mol. The number of nitrogens with one attached hydrogen (secondary N) is 2. The van der Waals surface area contributed by atoms with E-state index in [1.165, 1.54) is 0 Å². The average Bonchev–Trinajstić information content (AvgIpc) is 3.26. The first-order valence-corrected chi connectivity index (χ1v) is 11.6. The van der Waals surface area contributed by atoms with Crippen LogP contribution < -0.4 is 15.7 Å². The summed E-state index contributed by atoms with van der Waals surface area (Å²) in [4.78, 5) is 28.5. The van der Waals surface area contributed by atoms with E-state index in [0.29, 0.717) is 34.4 Å². The highest BCUT2D eigenvalue weighted by Crippen LogP contribution is 2.34. The summed E-state index contributed by atoms with van der Waals surface area (Å²) in [5.41, 5.74) is 1.24. The Labute approximate surface area is 202 Å². The SMILES string of the molecule is COC1CCC(Oc2ccc3cc(NC(=O)c4cc5ccccc5[nH]4)c(=O)oc3c2C)OC1(C)C. The summed E-state index contributed by atoms with van der Waals surface area (Å²) in [6.07, 6.45) is 1.06. The van der Waals surface area contributed by atoms with Gasteiger partial charge >= 0.3 is 5.63 Å². The van der Waals surface area contributed by atoms with Crippen LogP contribution in [0.15, 0.2) is 57.7 Å². The van der Waals surface area contributed by atoms with Crippen LogP contribution in [0.4, 0.5) is 5.69 Å². The number of para-hydroxylation sites is 1. The molecule has 1 aliphatic heterocycles. The van der Waals surface area contributed by atoms with E-state index in [9.17, 15) is 9.59 Å². The molecule has 182 valence electrons. The minimum Gasteiger partial charge on any atom is -0.465 e. The van der Waals surface area contributed by atoms with Gasteiger partial charge in [0.1, 0.15) is 22.7 Å². The van der Waals surface area contributed by atoms with E-state index in [1.54, 1.807) is 25.3 Å². The number of fused-ring (bicyclic) bond motifs is 2. The second kappa shape index (κ2) is 8.87. The van der Waals surface area contributed by atoms with E-state index >= 15 is 0 Å². The van der Waals surface area contributed by atoms with Crippen LogP contribution in [0.2, 0.25) is 0 Å².